The van der Waals surface area contributed by atoms with Crippen LogP contribution in [0.2, 0.25) is 0 Å². The quantitative estimate of drug-likeness (QED) is 0.802. The number of hydrogen-bond acceptors (Lipinski definition) is 2. The predicted molar refractivity (Wildman–Crippen MR) is 67.7 cm³/mol. The summed E-state index contributed by atoms with van der Waals surface area (Å²) in [5, 5.41) is 0. The molecule has 1 aliphatic carbocycles. The summed E-state index contributed by atoms with van der Waals surface area (Å²) in [6, 6.07) is 0. The lowest BCUT2D eigenvalue weighted by atomic mass is 9.77. The van der Waals surface area contributed by atoms with Crippen molar-refractivity contribution >= 4 is 22.6 Å². The number of hydrogen-bond donors (Lipinski definition) is 0. The van der Waals surface area contributed by atoms with Crippen molar-refractivity contribution in [2.75, 3.05) is 0 Å². The van der Waals surface area contributed by atoms with Crippen molar-refractivity contribution in [2.24, 2.45) is 11.8 Å². The van der Waals surface area contributed by atoms with Gasteiger partial charge in [0.2, 0.25) is 0 Å². The molecule has 15 heavy (non-hydrogen) atoms. The normalized spacial score (nSPS) is 18.5. The van der Waals surface area contributed by atoms with Crippen LogP contribution in [0.15, 0.2) is 17.3 Å². The third-order valence-electron chi connectivity index (χ3n) is 3.30. The van der Waals surface area contributed by atoms with Gasteiger partial charge in [0.15, 0.2) is 0 Å². The van der Waals surface area contributed by atoms with Gasteiger partial charge in [-0.25, -0.2) is 4.98 Å². The lowest BCUT2D eigenvalue weighted by Crippen LogP contribution is -2.30. The highest BCUT2D eigenvalue weighted by Gasteiger charge is 2.24. The molecule has 1 aromatic heterocycles. The second-order valence-electron chi connectivity index (χ2n) is 4.37. The highest BCUT2D eigenvalue weighted by Crippen LogP contribution is 2.33. The fourth-order valence-corrected chi connectivity index (χ4v) is 2.49. The van der Waals surface area contributed by atoms with Crippen LogP contribution in [0.5, 0.6) is 0 Å². The molecule has 0 spiro atoms. The molecule has 1 aromatic rings. The summed E-state index contributed by atoms with van der Waals surface area (Å²) in [7, 11) is 0. The lowest BCUT2D eigenvalue weighted by molar-refractivity contribution is 0.199. The van der Waals surface area contributed by atoms with Crippen LogP contribution in [-0.2, 0) is 6.54 Å². The summed E-state index contributed by atoms with van der Waals surface area (Å²) in [6.07, 6.45) is 7.28. The van der Waals surface area contributed by atoms with Crippen molar-refractivity contribution in [3.05, 3.63) is 26.4 Å². The van der Waals surface area contributed by atoms with Crippen molar-refractivity contribution in [3.63, 3.8) is 0 Å². The van der Waals surface area contributed by atoms with Gasteiger partial charge in [0, 0.05) is 12.7 Å². The summed E-state index contributed by atoms with van der Waals surface area (Å²) in [6.45, 7) is 3.05. The Hall–Kier alpha value is -0.390. The second-order valence-corrected chi connectivity index (χ2v) is 5.53. The molecular weight excluding hydrogens is 303 g/mol. The van der Waals surface area contributed by atoms with Crippen molar-refractivity contribution in [1.29, 1.82) is 0 Å². The van der Waals surface area contributed by atoms with Crippen LogP contribution in [0.4, 0.5) is 0 Å². The fourth-order valence-electron chi connectivity index (χ4n) is 2.02. The van der Waals surface area contributed by atoms with Crippen molar-refractivity contribution in [2.45, 2.75) is 32.7 Å². The smallest absolute Gasteiger partial charge is 0.266 e. The van der Waals surface area contributed by atoms with E-state index in [2.05, 4.69) is 11.9 Å². The molecule has 2 rings (SSSR count). The number of nitrogens with zero attached hydrogens (tertiary/aromatic N) is 2. The molecule has 3 nitrogen and oxygen atoms in total. The minimum atomic E-state index is 0.0942. The zero-order valence-electron chi connectivity index (χ0n) is 8.82. The van der Waals surface area contributed by atoms with Crippen molar-refractivity contribution in [3.8, 4) is 0 Å². The van der Waals surface area contributed by atoms with Gasteiger partial charge >= 0.3 is 0 Å². The zero-order valence-corrected chi connectivity index (χ0v) is 11.0. The molecule has 0 N–H and O–H groups in total. The third kappa shape index (κ3) is 2.41. The number of halogens is 1. The van der Waals surface area contributed by atoms with E-state index in [4.69, 9.17) is 0 Å². The van der Waals surface area contributed by atoms with Gasteiger partial charge in [-0.3, -0.25) is 9.36 Å². The molecule has 1 aliphatic rings. The molecule has 0 saturated heterocycles. The molecule has 0 amide bonds. The molecule has 1 saturated carbocycles. The van der Waals surface area contributed by atoms with Gasteiger partial charge in [-0.15, -0.1) is 0 Å². The van der Waals surface area contributed by atoms with Gasteiger partial charge in [-0.2, -0.15) is 0 Å². The van der Waals surface area contributed by atoms with Gasteiger partial charge in [-0.1, -0.05) is 26.2 Å². The summed E-state index contributed by atoms with van der Waals surface area (Å²) >= 11 is 2.04. The largest absolute Gasteiger partial charge is 0.298 e. The molecule has 4 heteroatoms. The zero-order chi connectivity index (χ0) is 10.8. The van der Waals surface area contributed by atoms with Crippen LogP contribution in [0.1, 0.15) is 26.2 Å². The molecule has 0 aromatic carbocycles. The van der Waals surface area contributed by atoms with Gasteiger partial charge in [0.1, 0.15) is 0 Å². The van der Waals surface area contributed by atoms with Crippen LogP contribution in [0.25, 0.3) is 0 Å². The average molecular weight is 318 g/mol. The highest BCUT2D eigenvalue weighted by molar-refractivity contribution is 14.1. The van der Waals surface area contributed by atoms with Gasteiger partial charge in [0.25, 0.3) is 5.56 Å². The maximum absolute atomic E-state index is 11.7. The monoisotopic (exact) mass is 318 g/mol. The molecule has 1 unspecified atom stereocenters. The van der Waals surface area contributed by atoms with Crippen molar-refractivity contribution in [1.82, 2.24) is 9.55 Å². The minimum Gasteiger partial charge on any atom is -0.298 e. The van der Waals surface area contributed by atoms with E-state index >= 15 is 0 Å². The highest BCUT2D eigenvalue weighted by atomic mass is 127. The third-order valence-corrected chi connectivity index (χ3v) is 4.04. The Morgan fingerprint density at radius 1 is 1.67 bits per heavy atom. The maximum Gasteiger partial charge on any atom is 0.266 e. The van der Waals surface area contributed by atoms with E-state index < -0.39 is 0 Å². The van der Waals surface area contributed by atoms with E-state index in [1.54, 1.807) is 17.1 Å². The Morgan fingerprint density at radius 2 is 2.40 bits per heavy atom. The van der Waals surface area contributed by atoms with Crippen LogP contribution in [0.3, 0.4) is 0 Å². The van der Waals surface area contributed by atoms with Gasteiger partial charge < -0.3 is 0 Å². The van der Waals surface area contributed by atoms with E-state index in [-0.39, 0.29) is 5.56 Å². The Bertz CT molecular complexity index is 398. The van der Waals surface area contributed by atoms with Crippen LogP contribution in [-0.4, -0.2) is 9.55 Å². The molecule has 0 radical (unpaired) electrons. The first-order valence-corrected chi connectivity index (χ1v) is 6.46. The maximum atomic E-state index is 11.7. The van der Waals surface area contributed by atoms with Gasteiger partial charge in [-0.05, 0) is 34.4 Å². The standard InChI is InChI=1S/C11H15IN2O/c1-8(9-3-2-4-9)6-14-7-13-5-10(12)11(14)15/h5,7-9H,2-4,6H2,1H3. The Kier molecular flexibility index (Phi) is 3.43. The van der Waals surface area contributed by atoms with Crippen LogP contribution < -0.4 is 5.56 Å². The number of rotatable bonds is 3. The Labute approximate surface area is 103 Å². The molecule has 0 bridgehead atoms. The van der Waals surface area contributed by atoms with Crippen LogP contribution in [0, 0.1) is 15.4 Å². The average Bonchev–Trinajstić information content (AvgIpc) is 2.10. The first-order valence-electron chi connectivity index (χ1n) is 5.38. The second kappa shape index (κ2) is 4.63. The SMILES string of the molecule is CC(Cn1cncc(I)c1=O)C1CCC1. The number of aromatic nitrogens is 2. The van der Waals surface area contributed by atoms with E-state index in [0.717, 1.165) is 12.5 Å². The van der Waals surface area contributed by atoms with Crippen LogP contribution >= 0.6 is 22.6 Å². The van der Waals surface area contributed by atoms with E-state index in [0.29, 0.717) is 9.49 Å². The van der Waals surface area contributed by atoms with E-state index in [1.807, 2.05) is 22.6 Å². The first kappa shape index (κ1) is 11.1. The Morgan fingerprint density at radius 3 is 3.00 bits per heavy atom. The molecule has 82 valence electrons. The summed E-state index contributed by atoms with van der Waals surface area (Å²) in [4.78, 5) is 15.8. The van der Waals surface area contributed by atoms with E-state index in [9.17, 15) is 4.79 Å². The first-order chi connectivity index (χ1) is 7.18. The topological polar surface area (TPSA) is 34.9 Å². The lowest BCUT2D eigenvalue weighted by Gasteiger charge is -2.31. The molecular formula is C11H15IN2O. The molecule has 1 atom stereocenters. The van der Waals surface area contributed by atoms with Crippen molar-refractivity contribution < 1.29 is 0 Å². The van der Waals surface area contributed by atoms with Gasteiger partial charge in [0.05, 0.1) is 9.90 Å². The molecule has 0 aliphatic heterocycles. The van der Waals surface area contributed by atoms with E-state index in [1.165, 1.54) is 19.3 Å². The summed E-state index contributed by atoms with van der Waals surface area (Å²) in [5.41, 5.74) is 0.0942. The fraction of sp³-hybridized carbons (Fsp3) is 0.636. The Balaban J connectivity index is 2.09. The minimum absolute atomic E-state index is 0.0942. The summed E-state index contributed by atoms with van der Waals surface area (Å²) < 4.78 is 2.45. The molecule has 1 fully saturated rings. The summed E-state index contributed by atoms with van der Waals surface area (Å²) in [5.74, 6) is 1.41. The predicted octanol–water partition coefficient (Wildman–Crippen LogP) is 2.28. The molecule has 1 heterocycles.